The summed E-state index contributed by atoms with van der Waals surface area (Å²) in [6.07, 6.45) is 2.13. The first kappa shape index (κ1) is 13.4. The van der Waals surface area contributed by atoms with Crippen molar-refractivity contribution in [3.63, 3.8) is 0 Å². The van der Waals surface area contributed by atoms with E-state index in [1.807, 2.05) is 14.1 Å². The van der Waals surface area contributed by atoms with E-state index >= 15 is 0 Å². The number of nitrogens with zero attached hydrogens (tertiary/aromatic N) is 3. The van der Waals surface area contributed by atoms with Crippen LogP contribution in [0.2, 0.25) is 0 Å². The molecule has 0 radical (unpaired) electrons. The monoisotopic (exact) mass is 225 g/mol. The van der Waals surface area contributed by atoms with Gasteiger partial charge in [-0.1, -0.05) is 0 Å². The lowest BCUT2D eigenvalue weighted by Gasteiger charge is -2.32. The Balaban J connectivity index is 2.29. The molecule has 92 valence electrons. The maximum atomic E-state index is 9.06. The summed E-state index contributed by atoms with van der Waals surface area (Å²) in [6.45, 7) is 4.06. The van der Waals surface area contributed by atoms with Gasteiger partial charge in [-0.25, -0.2) is 0 Å². The second-order valence-electron chi connectivity index (χ2n) is 5.01. The molecule has 1 N–H and O–H groups in total. The van der Waals surface area contributed by atoms with Crippen LogP contribution in [0.15, 0.2) is 0 Å². The summed E-state index contributed by atoms with van der Waals surface area (Å²) in [6, 6.07) is 2.37. The summed E-state index contributed by atoms with van der Waals surface area (Å²) in [7, 11) is 4.00. The lowest BCUT2D eigenvalue weighted by atomic mass is 9.97. The van der Waals surface area contributed by atoms with E-state index < -0.39 is 0 Å². The van der Waals surface area contributed by atoms with E-state index in [2.05, 4.69) is 15.9 Å². The Hall–Kier alpha value is -0.630. The van der Waals surface area contributed by atoms with Crippen molar-refractivity contribution in [2.45, 2.75) is 12.8 Å². The molecular formula is C12H23N3O. The number of hydrogen-bond donors (Lipinski definition) is 1. The van der Waals surface area contributed by atoms with E-state index in [-0.39, 0.29) is 5.92 Å². The Morgan fingerprint density at radius 2 is 2.06 bits per heavy atom. The molecule has 1 rings (SSSR count). The van der Waals surface area contributed by atoms with Gasteiger partial charge in [0.2, 0.25) is 0 Å². The standard InChI is InChI=1S/C12H23N3O/c1-14(2)8-12(7-13)9-15-5-3-11(10-16)4-6-15/h11-12,16H,3-6,8-10H2,1-2H3. The highest BCUT2D eigenvalue weighted by atomic mass is 16.3. The fourth-order valence-corrected chi connectivity index (χ4v) is 2.24. The summed E-state index contributed by atoms with van der Waals surface area (Å²) in [5.41, 5.74) is 0. The SMILES string of the molecule is CN(C)CC(C#N)CN1CCC(CO)CC1. The van der Waals surface area contributed by atoms with E-state index in [0.717, 1.165) is 39.0 Å². The van der Waals surface area contributed by atoms with Crippen molar-refractivity contribution in [3.05, 3.63) is 0 Å². The normalized spacial score (nSPS) is 20.9. The average molecular weight is 225 g/mol. The molecule has 0 aromatic heterocycles. The van der Waals surface area contributed by atoms with Crippen LogP contribution in [0.4, 0.5) is 0 Å². The number of aliphatic hydroxyl groups is 1. The van der Waals surface area contributed by atoms with E-state index in [4.69, 9.17) is 10.4 Å². The largest absolute Gasteiger partial charge is 0.396 e. The van der Waals surface area contributed by atoms with Gasteiger partial charge in [0.25, 0.3) is 0 Å². The topological polar surface area (TPSA) is 50.5 Å². The fraction of sp³-hybridized carbons (Fsp3) is 0.917. The molecule has 0 spiro atoms. The number of likely N-dealkylation sites (tertiary alicyclic amines) is 1. The number of aliphatic hydroxyl groups excluding tert-OH is 1. The van der Waals surface area contributed by atoms with Crippen LogP contribution in [0, 0.1) is 23.2 Å². The van der Waals surface area contributed by atoms with Gasteiger partial charge in [-0.05, 0) is 45.9 Å². The molecule has 1 saturated heterocycles. The van der Waals surface area contributed by atoms with Gasteiger partial charge < -0.3 is 14.9 Å². The second kappa shape index (κ2) is 6.85. The molecular weight excluding hydrogens is 202 g/mol. The Bertz CT molecular complexity index is 229. The van der Waals surface area contributed by atoms with Gasteiger partial charge in [0, 0.05) is 19.7 Å². The number of hydrogen-bond acceptors (Lipinski definition) is 4. The first-order chi connectivity index (χ1) is 7.65. The van der Waals surface area contributed by atoms with Gasteiger partial charge in [0.05, 0.1) is 12.0 Å². The molecule has 0 amide bonds. The lowest BCUT2D eigenvalue weighted by Crippen LogP contribution is -2.39. The predicted molar refractivity (Wildman–Crippen MR) is 63.9 cm³/mol. The van der Waals surface area contributed by atoms with Crippen LogP contribution < -0.4 is 0 Å². The quantitative estimate of drug-likeness (QED) is 0.735. The van der Waals surface area contributed by atoms with Crippen molar-refractivity contribution in [2.24, 2.45) is 11.8 Å². The van der Waals surface area contributed by atoms with E-state index in [9.17, 15) is 0 Å². The molecule has 4 heteroatoms. The lowest BCUT2D eigenvalue weighted by molar-refractivity contribution is 0.121. The van der Waals surface area contributed by atoms with E-state index in [1.165, 1.54) is 0 Å². The molecule has 0 aromatic carbocycles. The Morgan fingerprint density at radius 3 is 2.50 bits per heavy atom. The molecule has 0 saturated carbocycles. The second-order valence-corrected chi connectivity index (χ2v) is 5.01. The first-order valence-corrected chi connectivity index (χ1v) is 6.03. The van der Waals surface area contributed by atoms with Crippen LogP contribution in [0.5, 0.6) is 0 Å². The molecule has 4 nitrogen and oxygen atoms in total. The maximum Gasteiger partial charge on any atom is 0.0717 e. The van der Waals surface area contributed by atoms with Crippen molar-refractivity contribution in [1.82, 2.24) is 9.80 Å². The third-order valence-electron chi connectivity index (χ3n) is 3.21. The third-order valence-corrected chi connectivity index (χ3v) is 3.21. The van der Waals surface area contributed by atoms with Gasteiger partial charge in [-0.3, -0.25) is 0 Å². The van der Waals surface area contributed by atoms with Crippen LogP contribution in [-0.2, 0) is 0 Å². The van der Waals surface area contributed by atoms with Crippen molar-refractivity contribution < 1.29 is 5.11 Å². The minimum atomic E-state index is 0.0978. The molecule has 1 aliphatic heterocycles. The van der Waals surface area contributed by atoms with Crippen molar-refractivity contribution in [1.29, 1.82) is 5.26 Å². The van der Waals surface area contributed by atoms with Gasteiger partial charge in [-0.15, -0.1) is 0 Å². The Morgan fingerprint density at radius 1 is 1.44 bits per heavy atom. The highest BCUT2D eigenvalue weighted by molar-refractivity contribution is 4.88. The molecule has 1 aliphatic rings. The summed E-state index contributed by atoms with van der Waals surface area (Å²) in [5, 5.41) is 18.1. The first-order valence-electron chi connectivity index (χ1n) is 6.03. The molecule has 1 atom stereocenters. The Labute approximate surface area is 98.5 Å². The molecule has 16 heavy (non-hydrogen) atoms. The highest BCUT2D eigenvalue weighted by Gasteiger charge is 2.21. The molecule has 1 heterocycles. The maximum absolute atomic E-state index is 9.06. The van der Waals surface area contributed by atoms with Crippen LogP contribution in [0.1, 0.15) is 12.8 Å². The van der Waals surface area contributed by atoms with Gasteiger partial charge in [-0.2, -0.15) is 5.26 Å². The summed E-state index contributed by atoms with van der Waals surface area (Å²) in [4.78, 5) is 4.41. The number of piperidine rings is 1. The molecule has 1 unspecified atom stereocenters. The average Bonchev–Trinajstić information content (AvgIpc) is 2.28. The van der Waals surface area contributed by atoms with Gasteiger partial charge >= 0.3 is 0 Å². The van der Waals surface area contributed by atoms with Crippen LogP contribution in [-0.4, -0.2) is 61.8 Å². The molecule has 0 aliphatic carbocycles. The number of rotatable bonds is 5. The van der Waals surface area contributed by atoms with E-state index in [1.54, 1.807) is 0 Å². The summed E-state index contributed by atoms with van der Waals surface area (Å²) in [5.74, 6) is 0.575. The summed E-state index contributed by atoms with van der Waals surface area (Å²) < 4.78 is 0. The zero-order valence-corrected chi connectivity index (χ0v) is 10.4. The zero-order valence-electron chi connectivity index (χ0n) is 10.4. The molecule has 0 aromatic rings. The van der Waals surface area contributed by atoms with Gasteiger partial charge in [0.1, 0.15) is 0 Å². The molecule has 1 fully saturated rings. The Kier molecular flexibility index (Phi) is 5.75. The van der Waals surface area contributed by atoms with Crippen LogP contribution in [0.3, 0.4) is 0 Å². The highest BCUT2D eigenvalue weighted by Crippen LogP contribution is 2.17. The smallest absolute Gasteiger partial charge is 0.0717 e. The van der Waals surface area contributed by atoms with E-state index in [0.29, 0.717) is 12.5 Å². The zero-order chi connectivity index (χ0) is 12.0. The fourth-order valence-electron chi connectivity index (χ4n) is 2.24. The number of nitriles is 1. The van der Waals surface area contributed by atoms with Crippen LogP contribution >= 0.6 is 0 Å². The minimum absolute atomic E-state index is 0.0978. The predicted octanol–water partition coefficient (Wildman–Crippen LogP) is 0.392. The third kappa shape index (κ3) is 4.48. The van der Waals surface area contributed by atoms with Crippen molar-refractivity contribution >= 4 is 0 Å². The summed E-state index contributed by atoms with van der Waals surface area (Å²) >= 11 is 0. The molecule has 0 bridgehead atoms. The van der Waals surface area contributed by atoms with Crippen molar-refractivity contribution in [2.75, 3.05) is 46.9 Å². The van der Waals surface area contributed by atoms with Crippen LogP contribution in [0.25, 0.3) is 0 Å². The van der Waals surface area contributed by atoms with Gasteiger partial charge in [0.15, 0.2) is 0 Å². The van der Waals surface area contributed by atoms with Crippen molar-refractivity contribution in [3.8, 4) is 6.07 Å². The minimum Gasteiger partial charge on any atom is -0.396 e.